The highest BCUT2D eigenvalue weighted by Crippen LogP contribution is 2.22. The van der Waals surface area contributed by atoms with Crippen LogP contribution in [0.1, 0.15) is 21.5 Å². The molecule has 128 valence electrons. The van der Waals surface area contributed by atoms with Crippen LogP contribution < -0.4 is 5.32 Å². The van der Waals surface area contributed by atoms with E-state index < -0.39 is 11.9 Å². The molecule has 3 aromatic rings. The van der Waals surface area contributed by atoms with Crippen LogP contribution in [0.2, 0.25) is 0 Å². The largest absolute Gasteiger partial charge is 0.478 e. The third-order valence-corrected chi connectivity index (χ3v) is 3.92. The second kappa shape index (κ2) is 7.36. The van der Waals surface area contributed by atoms with Crippen LogP contribution in [0.4, 0.5) is 0 Å². The Morgan fingerprint density at radius 3 is 2.65 bits per heavy atom. The Balaban J connectivity index is 1.85. The standard InChI is InChI=1S/C20H15N3O3/c21-10-15(19(24)23-11-13-4-2-1-3-5-13)8-16-12-22-18-7-6-14(20(25)26)9-17(16)18/h1-9,12,22H,11H2,(H,23,24)(H,25,26)/b15-8+. The van der Waals surface area contributed by atoms with Crippen molar-refractivity contribution in [1.29, 1.82) is 5.26 Å². The van der Waals surface area contributed by atoms with E-state index in [9.17, 15) is 14.9 Å². The number of carboxylic acid groups (broad SMARTS) is 1. The summed E-state index contributed by atoms with van der Waals surface area (Å²) in [5.74, 6) is -1.52. The lowest BCUT2D eigenvalue weighted by molar-refractivity contribution is -0.117. The van der Waals surface area contributed by atoms with Gasteiger partial charge in [-0.25, -0.2) is 4.79 Å². The van der Waals surface area contributed by atoms with E-state index in [1.165, 1.54) is 18.2 Å². The molecule has 0 aliphatic rings. The summed E-state index contributed by atoms with van der Waals surface area (Å²) in [7, 11) is 0. The number of aromatic amines is 1. The molecule has 0 fully saturated rings. The van der Waals surface area contributed by atoms with Gasteiger partial charge < -0.3 is 15.4 Å². The second-order valence-electron chi connectivity index (χ2n) is 5.65. The van der Waals surface area contributed by atoms with Gasteiger partial charge in [0.15, 0.2) is 0 Å². The molecule has 0 aliphatic heterocycles. The lowest BCUT2D eigenvalue weighted by atomic mass is 10.1. The maximum atomic E-state index is 12.3. The van der Waals surface area contributed by atoms with Gasteiger partial charge in [0.2, 0.25) is 0 Å². The highest BCUT2D eigenvalue weighted by atomic mass is 16.4. The van der Waals surface area contributed by atoms with Crippen molar-refractivity contribution < 1.29 is 14.7 Å². The molecule has 1 heterocycles. The number of fused-ring (bicyclic) bond motifs is 1. The molecule has 0 aliphatic carbocycles. The zero-order chi connectivity index (χ0) is 18.5. The third kappa shape index (κ3) is 3.62. The highest BCUT2D eigenvalue weighted by molar-refractivity contribution is 6.04. The molecule has 0 saturated carbocycles. The summed E-state index contributed by atoms with van der Waals surface area (Å²) in [6, 6.07) is 15.9. The number of amides is 1. The fourth-order valence-electron chi connectivity index (χ4n) is 2.57. The summed E-state index contributed by atoms with van der Waals surface area (Å²) in [6.07, 6.45) is 3.09. The van der Waals surface area contributed by atoms with Gasteiger partial charge in [-0.15, -0.1) is 0 Å². The minimum absolute atomic E-state index is 0.0532. The number of carbonyl (C=O) groups excluding carboxylic acids is 1. The van der Waals surface area contributed by atoms with Crippen molar-refractivity contribution >= 4 is 28.9 Å². The molecule has 0 bridgehead atoms. The Morgan fingerprint density at radius 1 is 1.19 bits per heavy atom. The van der Waals surface area contributed by atoms with Crippen molar-refractivity contribution in [3.8, 4) is 6.07 Å². The van der Waals surface area contributed by atoms with Gasteiger partial charge in [0, 0.05) is 29.2 Å². The minimum atomic E-state index is -1.04. The summed E-state index contributed by atoms with van der Waals surface area (Å²) in [5, 5.41) is 21.8. The molecule has 0 radical (unpaired) electrons. The smallest absolute Gasteiger partial charge is 0.335 e. The van der Waals surface area contributed by atoms with E-state index in [0.717, 1.165) is 11.1 Å². The number of benzene rings is 2. The number of nitrogens with one attached hydrogen (secondary N) is 2. The van der Waals surface area contributed by atoms with Gasteiger partial charge in [0.1, 0.15) is 11.6 Å². The van der Waals surface area contributed by atoms with Crippen molar-refractivity contribution in [3.05, 3.63) is 77.0 Å². The number of nitrogens with zero attached hydrogens (tertiary/aromatic N) is 1. The first kappa shape index (κ1) is 17.0. The molecule has 3 N–H and O–H groups in total. The Kier molecular flexibility index (Phi) is 4.81. The summed E-state index contributed by atoms with van der Waals surface area (Å²) in [5.41, 5.74) is 2.32. The SMILES string of the molecule is N#C/C(=C\c1c[nH]c2ccc(C(=O)O)cc12)C(=O)NCc1ccccc1. The van der Waals surface area contributed by atoms with Crippen LogP contribution in [0.5, 0.6) is 0 Å². The summed E-state index contributed by atoms with van der Waals surface area (Å²) < 4.78 is 0. The van der Waals surface area contributed by atoms with E-state index >= 15 is 0 Å². The molecule has 6 heteroatoms. The predicted octanol–water partition coefficient (Wildman–Crippen LogP) is 3.09. The number of rotatable bonds is 5. The average Bonchev–Trinajstić information content (AvgIpc) is 3.07. The molecule has 26 heavy (non-hydrogen) atoms. The second-order valence-corrected chi connectivity index (χ2v) is 5.65. The molecular weight excluding hydrogens is 330 g/mol. The maximum Gasteiger partial charge on any atom is 0.335 e. The van der Waals surface area contributed by atoms with E-state index in [0.29, 0.717) is 17.5 Å². The van der Waals surface area contributed by atoms with Crippen LogP contribution in [-0.2, 0) is 11.3 Å². The van der Waals surface area contributed by atoms with Gasteiger partial charge in [0.05, 0.1) is 5.56 Å². The summed E-state index contributed by atoms with van der Waals surface area (Å²) in [6.45, 7) is 0.315. The fraction of sp³-hybridized carbons (Fsp3) is 0.0500. The molecule has 0 spiro atoms. The molecule has 3 rings (SSSR count). The van der Waals surface area contributed by atoms with Crippen molar-refractivity contribution in [2.24, 2.45) is 0 Å². The Hall–Kier alpha value is -3.85. The maximum absolute atomic E-state index is 12.3. The van der Waals surface area contributed by atoms with Gasteiger partial charge in [-0.3, -0.25) is 4.79 Å². The first-order chi connectivity index (χ1) is 12.6. The summed E-state index contributed by atoms with van der Waals surface area (Å²) >= 11 is 0. The Labute approximate surface area is 149 Å². The monoisotopic (exact) mass is 345 g/mol. The average molecular weight is 345 g/mol. The van der Waals surface area contributed by atoms with E-state index in [1.807, 2.05) is 36.4 Å². The van der Waals surface area contributed by atoms with Crippen LogP contribution in [0.15, 0.2) is 60.3 Å². The molecule has 0 atom stereocenters. The summed E-state index contributed by atoms with van der Waals surface area (Å²) in [4.78, 5) is 26.4. The van der Waals surface area contributed by atoms with E-state index in [4.69, 9.17) is 5.11 Å². The predicted molar refractivity (Wildman–Crippen MR) is 97.1 cm³/mol. The molecule has 6 nitrogen and oxygen atoms in total. The normalized spacial score (nSPS) is 11.1. The van der Waals surface area contributed by atoms with Crippen molar-refractivity contribution in [2.75, 3.05) is 0 Å². The number of nitriles is 1. The molecule has 2 aromatic carbocycles. The topological polar surface area (TPSA) is 106 Å². The number of hydrogen-bond acceptors (Lipinski definition) is 3. The Bertz CT molecular complexity index is 1040. The van der Waals surface area contributed by atoms with Gasteiger partial charge in [0.25, 0.3) is 5.91 Å². The molecule has 0 saturated heterocycles. The molecule has 1 amide bonds. The number of aromatic nitrogens is 1. The lowest BCUT2D eigenvalue weighted by Crippen LogP contribution is -2.23. The first-order valence-electron chi connectivity index (χ1n) is 7.87. The van der Waals surface area contributed by atoms with Crippen LogP contribution in [0, 0.1) is 11.3 Å². The van der Waals surface area contributed by atoms with Gasteiger partial charge >= 0.3 is 5.97 Å². The number of carboxylic acids is 1. The number of hydrogen-bond donors (Lipinski definition) is 3. The van der Waals surface area contributed by atoms with Gasteiger partial charge in [-0.1, -0.05) is 30.3 Å². The number of aromatic carboxylic acids is 1. The van der Waals surface area contributed by atoms with Crippen LogP contribution in [0.25, 0.3) is 17.0 Å². The minimum Gasteiger partial charge on any atom is -0.478 e. The zero-order valence-electron chi connectivity index (χ0n) is 13.7. The van der Waals surface area contributed by atoms with E-state index in [1.54, 1.807) is 12.3 Å². The first-order valence-corrected chi connectivity index (χ1v) is 7.87. The van der Waals surface area contributed by atoms with Crippen molar-refractivity contribution in [2.45, 2.75) is 6.54 Å². The molecule has 0 unspecified atom stereocenters. The van der Waals surface area contributed by atoms with E-state index in [2.05, 4.69) is 10.3 Å². The van der Waals surface area contributed by atoms with Crippen molar-refractivity contribution in [3.63, 3.8) is 0 Å². The van der Waals surface area contributed by atoms with Crippen molar-refractivity contribution in [1.82, 2.24) is 10.3 Å². The lowest BCUT2D eigenvalue weighted by Gasteiger charge is -2.04. The Morgan fingerprint density at radius 2 is 1.96 bits per heavy atom. The number of H-pyrrole nitrogens is 1. The molecular formula is C20H15N3O3. The van der Waals surface area contributed by atoms with Gasteiger partial charge in [-0.05, 0) is 29.8 Å². The quantitative estimate of drug-likeness (QED) is 0.488. The van der Waals surface area contributed by atoms with E-state index in [-0.39, 0.29) is 11.1 Å². The third-order valence-electron chi connectivity index (χ3n) is 3.92. The fourth-order valence-corrected chi connectivity index (χ4v) is 2.57. The zero-order valence-corrected chi connectivity index (χ0v) is 13.7. The van der Waals surface area contributed by atoms with Crippen LogP contribution in [0.3, 0.4) is 0 Å². The van der Waals surface area contributed by atoms with Gasteiger partial charge in [-0.2, -0.15) is 5.26 Å². The molecule has 1 aromatic heterocycles. The number of carbonyl (C=O) groups is 2. The van der Waals surface area contributed by atoms with Crippen LogP contribution >= 0.6 is 0 Å². The highest BCUT2D eigenvalue weighted by Gasteiger charge is 2.12. The van der Waals surface area contributed by atoms with Crippen LogP contribution in [-0.4, -0.2) is 22.0 Å².